The molecule has 0 unspecified atom stereocenters. The molecule has 0 saturated heterocycles. The molecule has 0 bridgehead atoms. The van der Waals surface area contributed by atoms with Gasteiger partial charge in [0.25, 0.3) is 0 Å². The first-order valence-corrected chi connectivity index (χ1v) is 7.59. The third-order valence-corrected chi connectivity index (χ3v) is 3.58. The molecule has 0 atom stereocenters. The molecule has 0 aliphatic carbocycles. The van der Waals surface area contributed by atoms with Crippen LogP contribution >= 0.6 is 11.8 Å². The van der Waals surface area contributed by atoms with E-state index in [1.807, 2.05) is 0 Å². The van der Waals surface area contributed by atoms with E-state index in [4.69, 9.17) is 0 Å². The van der Waals surface area contributed by atoms with Crippen molar-refractivity contribution < 1.29 is 41.4 Å². The molecular formula is C12H16F5O4S-. The number of carbonyl (C=O) groups is 2. The molecule has 0 aliphatic rings. The van der Waals surface area contributed by atoms with E-state index in [9.17, 15) is 36.6 Å². The minimum atomic E-state index is -5.51. The van der Waals surface area contributed by atoms with Gasteiger partial charge in [-0.3, -0.25) is 4.79 Å². The van der Waals surface area contributed by atoms with Crippen LogP contribution in [-0.2, 0) is 14.3 Å². The van der Waals surface area contributed by atoms with Crippen molar-refractivity contribution in [1.29, 1.82) is 0 Å². The summed E-state index contributed by atoms with van der Waals surface area (Å²) in [6.45, 7) is 0.0266. The Morgan fingerprint density at radius 2 is 1.59 bits per heavy atom. The van der Waals surface area contributed by atoms with Gasteiger partial charge in [0.15, 0.2) is 0 Å². The maximum atomic E-state index is 12.5. The number of alkyl halides is 5. The molecule has 0 spiro atoms. The molecule has 0 N–H and O–H groups in total. The maximum Gasteiger partial charge on any atom is 0.453 e. The Bertz CT molecular complexity index is 360. The van der Waals surface area contributed by atoms with E-state index in [0.29, 0.717) is 18.6 Å². The Morgan fingerprint density at radius 1 is 1.00 bits per heavy atom. The Morgan fingerprint density at radius 3 is 2.14 bits per heavy atom. The number of unbranched alkanes of at least 4 members (excludes halogenated alkanes) is 1. The number of hydrogen-bond acceptors (Lipinski definition) is 5. The zero-order valence-corrected chi connectivity index (χ0v) is 12.4. The topological polar surface area (TPSA) is 66.4 Å². The lowest BCUT2D eigenvalue weighted by Gasteiger charge is -2.19. The number of halogens is 5. The molecule has 0 aromatic carbocycles. The van der Waals surface area contributed by atoms with Crippen LogP contribution in [0.5, 0.6) is 0 Å². The van der Waals surface area contributed by atoms with Gasteiger partial charge in [0.2, 0.25) is 0 Å². The van der Waals surface area contributed by atoms with Gasteiger partial charge in [-0.1, -0.05) is 0 Å². The minimum absolute atomic E-state index is 0.0266. The molecule has 0 rings (SSSR count). The summed E-state index contributed by atoms with van der Waals surface area (Å²) in [5, 5.41) is 10.0. The van der Waals surface area contributed by atoms with E-state index in [1.165, 1.54) is 11.8 Å². The third kappa shape index (κ3) is 9.80. The van der Waals surface area contributed by atoms with Crippen LogP contribution in [0.2, 0.25) is 0 Å². The molecular weight excluding hydrogens is 335 g/mol. The smallest absolute Gasteiger partial charge is 0.453 e. The van der Waals surface area contributed by atoms with E-state index in [0.717, 1.165) is 0 Å². The van der Waals surface area contributed by atoms with Crippen LogP contribution in [0.3, 0.4) is 0 Å². The fourth-order valence-corrected chi connectivity index (χ4v) is 2.26. The molecule has 4 nitrogen and oxygen atoms in total. The predicted octanol–water partition coefficient (Wildman–Crippen LogP) is 2.16. The van der Waals surface area contributed by atoms with Gasteiger partial charge in [-0.05, 0) is 30.8 Å². The van der Waals surface area contributed by atoms with E-state index < -0.39 is 36.9 Å². The van der Waals surface area contributed by atoms with Crippen molar-refractivity contribution in [3.8, 4) is 0 Å². The molecule has 0 radical (unpaired) electrons. The number of esters is 1. The number of carboxylic acid groups (broad SMARTS) is 1. The second-order valence-corrected chi connectivity index (χ2v) is 5.62. The van der Waals surface area contributed by atoms with Gasteiger partial charge in [-0.15, -0.1) is 0 Å². The van der Waals surface area contributed by atoms with Crippen molar-refractivity contribution in [2.45, 2.75) is 44.2 Å². The van der Waals surface area contributed by atoms with Crippen molar-refractivity contribution >= 4 is 23.7 Å². The Balaban J connectivity index is 3.49. The first-order chi connectivity index (χ1) is 10.1. The van der Waals surface area contributed by atoms with Gasteiger partial charge in [-0.25, -0.2) is 0 Å². The number of hydrogen-bond donors (Lipinski definition) is 0. The normalized spacial score (nSPS) is 12.2. The molecule has 130 valence electrons. The summed E-state index contributed by atoms with van der Waals surface area (Å²) in [4.78, 5) is 20.8. The van der Waals surface area contributed by atoms with Crippen LogP contribution in [0.25, 0.3) is 0 Å². The number of carboxylic acids is 1. The maximum absolute atomic E-state index is 12.5. The predicted molar refractivity (Wildman–Crippen MR) is 67.4 cm³/mol. The van der Waals surface area contributed by atoms with Crippen molar-refractivity contribution in [3.05, 3.63) is 0 Å². The number of ether oxygens (including phenoxy) is 1. The lowest BCUT2D eigenvalue weighted by Crippen LogP contribution is -2.36. The Kier molecular flexibility index (Phi) is 9.38. The zero-order valence-electron chi connectivity index (χ0n) is 11.6. The average molecular weight is 351 g/mol. The van der Waals surface area contributed by atoms with E-state index in [2.05, 4.69) is 4.74 Å². The minimum Gasteiger partial charge on any atom is -0.550 e. The quantitative estimate of drug-likeness (QED) is 0.247. The van der Waals surface area contributed by atoms with Gasteiger partial charge >= 0.3 is 18.1 Å². The second-order valence-electron chi connectivity index (χ2n) is 4.39. The Labute approximate surface area is 128 Å². The van der Waals surface area contributed by atoms with Gasteiger partial charge in [0.05, 0.1) is 19.0 Å². The summed E-state index contributed by atoms with van der Waals surface area (Å²) in [6, 6.07) is 0. The van der Waals surface area contributed by atoms with Crippen LogP contribution in [0.15, 0.2) is 0 Å². The first-order valence-electron chi connectivity index (χ1n) is 6.44. The lowest BCUT2D eigenvalue weighted by molar-refractivity contribution is -0.305. The first kappa shape index (κ1) is 20.9. The van der Waals surface area contributed by atoms with Crippen LogP contribution in [0.1, 0.15) is 32.1 Å². The van der Waals surface area contributed by atoms with E-state index in [1.54, 1.807) is 0 Å². The van der Waals surface area contributed by atoms with Crippen LogP contribution < -0.4 is 5.11 Å². The highest BCUT2D eigenvalue weighted by Crippen LogP contribution is 2.39. The fourth-order valence-electron chi connectivity index (χ4n) is 1.30. The standard InChI is InChI=1S/C12H17F5O4S/c13-11(14,12(15,16)17)4-3-7-22-6-2-1-5-21-10(20)8-9(18)19/h1-8H2,(H,18,19)/p-1. The highest BCUT2D eigenvalue weighted by molar-refractivity contribution is 7.99. The largest absolute Gasteiger partial charge is 0.550 e. The van der Waals surface area contributed by atoms with E-state index in [-0.39, 0.29) is 18.8 Å². The number of rotatable bonds is 11. The van der Waals surface area contributed by atoms with Gasteiger partial charge in [-0.2, -0.15) is 33.7 Å². The molecule has 0 saturated carbocycles. The third-order valence-electron chi connectivity index (χ3n) is 2.43. The van der Waals surface area contributed by atoms with Gasteiger partial charge in [0.1, 0.15) is 0 Å². The monoisotopic (exact) mass is 351 g/mol. The summed E-state index contributed by atoms with van der Waals surface area (Å²) in [5.41, 5.74) is 0. The van der Waals surface area contributed by atoms with Gasteiger partial charge in [0, 0.05) is 6.42 Å². The molecule has 0 aromatic heterocycles. The second kappa shape index (κ2) is 9.86. The highest BCUT2D eigenvalue weighted by Gasteiger charge is 2.56. The summed E-state index contributed by atoms with van der Waals surface area (Å²) in [6.07, 6.45) is -6.79. The van der Waals surface area contributed by atoms with Crippen LogP contribution in [0.4, 0.5) is 22.0 Å². The Hall–Kier alpha value is -1.06. The average Bonchev–Trinajstić information content (AvgIpc) is 2.34. The van der Waals surface area contributed by atoms with Crippen LogP contribution in [0, 0.1) is 0 Å². The van der Waals surface area contributed by atoms with Gasteiger partial charge < -0.3 is 14.6 Å². The van der Waals surface area contributed by atoms with Crippen LogP contribution in [-0.4, -0.2) is 42.2 Å². The fraction of sp³-hybridized carbons (Fsp3) is 0.833. The summed E-state index contributed by atoms with van der Waals surface area (Å²) in [7, 11) is 0. The summed E-state index contributed by atoms with van der Waals surface area (Å²) < 4.78 is 65.2. The molecule has 10 heteroatoms. The number of carbonyl (C=O) groups excluding carboxylic acids is 2. The van der Waals surface area contributed by atoms with Crippen molar-refractivity contribution in [2.24, 2.45) is 0 Å². The SMILES string of the molecule is O=C([O-])CC(=O)OCCCCSCCCC(F)(F)C(F)(F)F. The molecule has 0 fully saturated rings. The number of aliphatic carboxylic acids is 1. The summed E-state index contributed by atoms with van der Waals surface area (Å²) >= 11 is 1.23. The molecule has 0 aliphatic heterocycles. The summed E-state index contributed by atoms with van der Waals surface area (Å²) in [5.74, 6) is -6.38. The highest BCUT2D eigenvalue weighted by atomic mass is 32.2. The molecule has 0 aromatic rings. The van der Waals surface area contributed by atoms with Crippen molar-refractivity contribution in [1.82, 2.24) is 0 Å². The van der Waals surface area contributed by atoms with E-state index >= 15 is 0 Å². The molecule has 0 heterocycles. The zero-order chi connectivity index (χ0) is 17.2. The molecule has 22 heavy (non-hydrogen) atoms. The van der Waals surface area contributed by atoms with Crippen molar-refractivity contribution in [3.63, 3.8) is 0 Å². The number of thioether (sulfide) groups is 1. The lowest BCUT2D eigenvalue weighted by atomic mass is 10.2. The molecule has 0 amide bonds. The van der Waals surface area contributed by atoms with Crippen molar-refractivity contribution in [2.75, 3.05) is 18.1 Å².